The van der Waals surface area contributed by atoms with Crippen molar-refractivity contribution in [2.75, 3.05) is 0 Å². The Bertz CT molecular complexity index is 3.61. The van der Waals surface area contributed by atoms with Crippen LogP contribution in [-0.4, -0.2) is 0 Å². The molecular formula is H8N4O. The number of nitrogens with two attached hydrogens (primary N) is 1. The molecule has 0 aromatic carbocycles. The summed E-state index contributed by atoms with van der Waals surface area (Å²) in [7, 11) is 0. The van der Waals surface area contributed by atoms with Gasteiger partial charge in [0.25, 0.3) is 0 Å². The standard InChI is InChI=1S/H4N2.H3N2.O/c2*1-2;/h1-2H2;1H3;/q;+1;-2/p+1. The minimum absolute atomic E-state index is 0. The fraction of sp³-hybridized carbons (Fsp3) is 0. The predicted octanol–water partition coefficient (Wildman–Crippen LogP) is -3.80. The summed E-state index contributed by atoms with van der Waals surface area (Å²) in [4.78, 5) is 0. The van der Waals surface area contributed by atoms with E-state index in [4.69, 9.17) is 5.84 Å². The molecule has 0 amide bonds. The molecule has 0 atom stereocenters. The Hall–Kier alpha value is -0.200. The highest BCUT2D eigenvalue weighted by molar-refractivity contribution is 2.64. The van der Waals surface area contributed by atoms with Crippen LogP contribution in [0.3, 0.4) is 0 Å². The lowest BCUT2D eigenvalue weighted by molar-refractivity contribution is -0.395. The third-order valence-corrected chi connectivity index (χ3v) is 0. The van der Waals surface area contributed by atoms with Crippen molar-refractivity contribution in [2.45, 2.75) is 0 Å². The third-order valence-electron chi connectivity index (χ3n) is 0. The Balaban J connectivity index is -0.0000000133. The van der Waals surface area contributed by atoms with Crippen molar-refractivity contribution >= 4 is 0 Å². The van der Waals surface area contributed by atoms with E-state index in [0.717, 1.165) is 0 Å². The van der Waals surface area contributed by atoms with E-state index in [1.807, 2.05) is 0 Å². The summed E-state index contributed by atoms with van der Waals surface area (Å²) in [5.41, 5.74) is 0. The van der Waals surface area contributed by atoms with Crippen LogP contribution in [0, 0.1) is 0 Å². The van der Waals surface area contributed by atoms with E-state index in [1.54, 1.807) is 0 Å². The van der Waals surface area contributed by atoms with Gasteiger partial charge in [0, 0.05) is 0 Å². The minimum atomic E-state index is 0. The summed E-state index contributed by atoms with van der Waals surface area (Å²) in [6.07, 6.45) is 0. The van der Waals surface area contributed by atoms with Crippen molar-refractivity contribution in [2.24, 2.45) is 5.84 Å². The molecule has 0 aliphatic rings. The molecule has 0 aromatic heterocycles. The second kappa shape index (κ2) is 745. The van der Waals surface area contributed by atoms with Gasteiger partial charge < -0.3 is 5.48 Å². The predicted molar refractivity (Wildman–Crippen MR) is 12.8 cm³/mol. The topological polar surface area (TPSA) is 132 Å². The zero-order valence-electron chi connectivity index (χ0n) is 2.85. The molecule has 0 saturated carbocycles. The number of nitrogens with zero attached hydrogens (tertiary/aromatic N) is 1. The Kier molecular flexibility index (Phi) is 3190. The maximum atomic E-state index is 6.75. The fourth-order valence-electron chi connectivity index (χ4n) is 0. The first kappa shape index (κ1) is 21.4. The lowest BCUT2D eigenvalue weighted by Gasteiger charge is -2.00. The Morgan fingerprint density at radius 3 is 1.20 bits per heavy atom. The van der Waals surface area contributed by atoms with Gasteiger partial charge in [-0.25, -0.2) is 5.84 Å². The highest BCUT2D eigenvalue weighted by Gasteiger charge is 0.960. The van der Waals surface area contributed by atoms with E-state index in [9.17, 15) is 0 Å². The molecule has 0 aliphatic heterocycles. The van der Waals surface area contributed by atoms with Crippen LogP contribution < -0.4 is 23.4 Å². The molecule has 0 saturated heterocycles. The summed E-state index contributed by atoms with van der Waals surface area (Å²) in [6, 6.07) is 0. The van der Waals surface area contributed by atoms with E-state index >= 15 is 0 Å². The first-order valence-corrected chi connectivity index (χ1v) is 0.724. The van der Waals surface area contributed by atoms with Crippen molar-refractivity contribution in [3.8, 4) is 0 Å². The average molecular weight is 80.1 g/mol. The van der Waals surface area contributed by atoms with E-state index in [0.29, 0.717) is 0 Å². The Labute approximate surface area is 30.2 Å². The average Bonchev–Trinajstić information content (AvgIpc) is 1.50. The third kappa shape index (κ3) is 308. The van der Waals surface area contributed by atoms with Crippen molar-refractivity contribution in [3.63, 3.8) is 0 Å². The van der Waals surface area contributed by atoms with Gasteiger partial charge in [0.1, 0.15) is 5.84 Å². The van der Waals surface area contributed by atoms with Crippen LogP contribution in [0.15, 0.2) is 0 Å². The second-order valence-electron chi connectivity index (χ2n) is 0. The SMILES string of the molecule is N[NH3+].[N][NH3+].[O-2]. The van der Waals surface area contributed by atoms with Gasteiger partial charge in [-0.3, -0.25) is 5.84 Å². The molecule has 2 radical (unpaired) electrons. The molecule has 0 fully saturated rings. The molecule has 5 heavy (non-hydrogen) atoms. The minimum Gasteiger partial charge on any atom is -2.00 e. The van der Waals surface area contributed by atoms with Crippen LogP contribution in [0.5, 0.6) is 0 Å². The fourth-order valence-corrected chi connectivity index (χ4v) is 0. The molecular weight excluding hydrogens is 72.0 g/mol. The number of rotatable bonds is 0. The molecule has 8 N–H and O–H groups in total. The molecule has 0 heterocycles. The summed E-state index contributed by atoms with van der Waals surface area (Å²) >= 11 is 0. The Morgan fingerprint density at radius 1 is 1.20 bits per heavy atom. The van der Waals surface area contributed by atoms with Crippen LogP contribution in [0.1, 0.15) is 0 Å². The molecule has 5 heteroatoms. The van der Waals surface area contributed by atoms with E-state index in [2.05, 4.69) is 17.5 Å². The van der Waals surface area contributed by atoms with Crippen molar-refractivity contribution in [1.82, 2.24) is 5.84 Å². The maximum Gasteiger partial charge on any atom is 0.124 e. The number of hydrogen-bond acceptors (Lipinski definition) is 1. The Morgan fingerprint density at radius 2 is 1.20 bits per heavy atom. The van der Waals surface area contributed by atoms with Gasteiger partial charge in [-0.05, 0) is 0 Å². The van der Waals surface area contributed by atoms with Gasteiger partial charge in [0.2, 0.25) is 0 Å². The summed E-state index contributed by atoms with van der Waals surface area (Å²) in [5.74, 6) is 16.0. The van der Waals surface area contributed by atoms with Gasteiger partial charge in [-0.2, -0.15) is 5.84 Å². The molecule has 0 aliphatic carbocycles. The summed E-state index contributed by atoms with van der Waals surface area (Å²) in [6.45, 7) is 0. The normalized spacial score (nSPS) is 2.40. The number of quaternary nitrogens is 2. The zero-order chi connectivity index (χ0) is 4.00. The largest absolute Gasteiger partial charge is 2.00 e. The molecule has 34 valence electrons. The molecule has 5 nitrogen and oxygen atoms in total. The van der Waals surface area contributed by atoms with E-state index < -0.39 is 0 Å². The van der Waals surface area contributed by atoms with E-state index in [1.165, 1.54) is 0 Å². The monoisotopic (exact) mass is 80.1 g/mol. The lowest BCUT2D eigenvalue weighted by Crippen LogP contribution is -2.59. The zero-order valence-corrected chi connectivity index (χ0v) is 2.85. The van der Waals surface area contributed by atoms with Gasteiger partial charge in [-0.15, -0.1) is 0 Å². The van der Waals surface area contributed by atoms with E-state index in [-0.39, 0.29) is 5.48 Å². The van der Waals surface area contributed by atoms with Crippen LogP contribution >= 0.6 is 0 Å². The highest BCUT2D eigenvalue weighted by Crippen LogP contribution is 0.0256. The van der Waals surface area contributed by atoms with Crippen molar-refractivity contribution < 1.29 is 17.2 Å². The van der Waals surface area contributed by atoms with Crippen LogP contribution in [0.4, 0.5) is 0 Å². The van der Waals surface area contributed by atoms with Crippen LogP contribution in [-0.2, 0) is 5.48 Å². The maximum absolute atomic E-state index is 6.75. The quantitative estimate of drug-likeness (QED) is 0.200. The molecule has 0 unspecified atom stereocenters. The summed E-state index contributed by atoms with van der Waals surface area (Å²) < 4.78 is 0. The number of hydrogen-bond donors (Lipinski definition) is 3. The van der Waals surface area contributed by atoms with Gasteiger partial charge in [0.15, 0.2) is 0 Å². The van der Waals surface area contributed by atoms with Gasteiger partial charge >= 0.3 is 0 Å². The molecule has 0 bridgehead atoms. The highest BCUT2D eigenvalue weighted by atomic mass is 16.0. The molecule has 0 rings (SSSR count). The van der Waals surface area contributed by atoms with Crippen LogP contribution in [0.25, 0.3) is 0 Å². The first-order chi connectivity index (χ1) is 2.00. The van der Waals surface area contributed by atoms with Crippen molar-refractivity contribution in [1.29, 1.82) is 0 Å². The smallest absolute Gasteiger partial charge is 0.124 e. The molecule has 0 spiro atoms. The second-order valence-corrected chi connectivity index (χ2v) is 0. The summed E-state index contributed by atoms with van der Waals surface area (Å²) in [5, 5.41) is 0. The van der Waals surface area contributed by atoms with Crippen molar-refractivity contribution in [3.05, 3.63) is 0 Å². The first-order valence-electron chi connectivity index (χ1n) is 0.724. The van der Waals surface area contributed by atoms with Gasteiger partial charge in [-0.1, -0.05) is 0 Å². The van der Waals surface area contributed by atoms with Crippen LogP contribution in [0.2, 0.25) is 0 Å². The molecule has 0 aromatic rings. The lowest BCUT2D eigenvalue weighted by atomic mass is 13.0. The van der Waals surface area contributed by atoms with Gasteiger partial charge in [0.05, 0.1) is 0 Å².